The second-order valence-electron chi connectivity index (χ2n) is 9.03. The van der Waals surface area contributed by atoms with Crippen molar-refractivity contribution in [3.63, 3.8) is 0 Å². The monoisotopic (exact) mass is 391 g/mol. The fourth-order valence-corrected chi connectivity index (χ4v) is 5.30. The Morgan fingerprint density at radius 2 is 1.69 bits per heavy atom. The summed E-state index contributed by atoms with van der Waals surface area (Å²) in [5.74, 6) is 0.790. The second kappa shape index (κ2) is 9.13. The van der Waals surface area contributed by atoms with E-state index in [2.05, 4.69) is 49.1 Å². The number of carbonyl (C=O) groups excluding carboxylic acids is 1. The van der Waals surface area contributed by atoms with E-state index in [0.717, 1.165) is 43.9 Å². The van der Waals surface area contributed by atoms with Crippen molar-refractivity contribution in [3.8, 4) is 0 Å². The normalized spacial score (nSPS) is 19.9. The van der Waals surface area contributed by atoms with Crippen LogP contribution in [0.25, 0.3) is 0 Å². The Hall–Kier alpha value is -2.13. The van der Waals surface area contributed by atoms with Gasteiger partial charge in [-0.25, -0.2) is 0 Å². The maximum absolute atomic E-state index is 11.0. The van der Waals surface area contributed by atoms with Crippen LogP contribution < -0.4 is 9.80 Å². The number of piperazine rings is 1. The lowest BCUT2D eigenvalue weighted by Crippen LogP contribution is -3.14. The molecule has 1 N–H and O–H groups in total. The molecule has 2 aromatic carbocycles. The zero-order valence-corrected chi connectivity index (χ0v) is 18.0. The second-order valence-corrected chi connectivity index (χ2v) is 9.03. The zero-order chi connectivity index (χ0) is 20.2. The van der Waals surface area contributed by atoms with Crippen molar-refractivity contribution in [3.05, 3.63) is 64.7 Å². The topological polar surface area (TPSA) is 24.8 Å². The van der Waals surface area contributed by atoms with Crippen LogP contribution in [-0.4, -0.2) is 32.5 Å². The van der Waals surface area contributed by atoms with Gasteiger partial charge in [0.1, 0.15) is 12.3 Å². The molecule has 1 saturated carbocycles. The molecule has 1 aliphatic heterocycles. The molecule has 0 unspecified atom stereocenters. The van der Waals surface area contributed by atoms with Crippen molar-refractivity contribution in [2.24, 2.45) is 0 Å². The van der Waals surface area contributed by atoms with Crippen LogP contribution in [0.15, 0.2) is 42.5 Å². The maximum atomic E-state index is 11.0. The van der Waals surface area contributed by atoms with E-state index in [4.69, 9.17) is 0 Å². The number of rotatable bonds is 5. The number of aryl methyl sites for hydroxylation is 1. The summed E-state index contributed by atoms with van der Waals surface area (Å²) in [6, 6.07) is 16.1. The molecule has 1 heterocycles. The van der Waals surface area contributed by atoms with E-state index in [-0.39, 0.29) is 0 Å². The van der Waals surface area contributed by atoms with Gasteiger partial charge < -0.3 is 9.80 Å². The summed E-state index contributed by atoms with van der Waals surface area (Å²) < 4.78 is 0. The molecule has 0 spiro atoms. The molecule has 1 saturated heterocycles. The molecule has 2 aliphatic rings. The standard InChI is InChI=1S/C26H34N2O/c1-20-18-22(19-29)8-13-26(20)28-16-14-27(15-17-28)21(2)23-9-11-25(12-10-23)24-6-4-3-5-7-24/h8-13,18-19,21,24H,3-7,14-17H2,1-2H3/p+1/t21-/m0/s1. The quantitative estimate of drug-likeness (QED) is 0.768. The summed E-state index contributed by atoms with van der Waals surface area (Å²) in [6.45, 7) is 8.94. The summed E-state index contributed by atoms with van der Waals surface area (Å²) in [4.78, 5) is 15.1. The van der Waals surface area contributed by atoms with Gasteiger partial charge in [-0.05, 0) is 61.9 Å². The fourth-order valence-electron chi connectivity index (χ4n) is 5.30. The van der Waals surface area contributed by atoms with Crippen LogP contribution in [0, 0.1) is 6.92 Å². The summed E-state index contributed by atoms with van der Waals surface area (Å²) in [5, 5.41) is 0. The number of aldehydes is 1. The summed E-state index contributed by atoms with van der Waals surface area (Å²) in [7, 11) is 0. The molecule has 0 radical (unpaired) electrons. The van der Waals surface area contributed by atoms with Gasteiger partial charge in [0, 0.05) is 16.8 Å². The van der Waals surface area contributed by atoms with Gasteiger partial charge in [0.05, 0.1) is 26.2 Å². The van der Waals surface area contributed by atoms with E-state index in [1.165, 1.54) is 48.9 Å². The molecule has 2 aromatic rings. The van der Waals surface area contributed by atoms with Crippen molar-refractivity contribution >= 4 is 12.0 Å². The predicted molar refractivity (Wildman–Crippen MR) is 120 cm³/mol. The first kappa shape index (κ1) is 20.2. The third-order valence-corrected chi connectivity index (χ3v) is 7.23. The van der Waals surface area contributed by atoms with Gasteiger partial charge in [-0.2, -0.15) is 0 Å². The average molecular weight is 392 g/mol. The van der Waals surface area contributed by atoms with E-state index in [1.54, 1.807) is 10.5 Å². The number of hydrogen-bond donors (Lipinski definition) is 1. The first-order valence-electron chi connectivity index (χ1n) is 11.4. The van der Waals surface area contributed by atoms with E-state index < -0.39 is 0 Å². The number of benzene rings is 2. The Morgan fingerprint density at radius 3 is 2.31 bits per heavy atom. The Bertz CT molecular complexity index is 815. The van der Waals surface area contributed by atoms with E-state index in [9.17, 15) is 4.79 Å². The maximum Gasteiger partial charge on any atom is 0.150 e. The van der Waals surface area contributed by atoms with Crippen molar-refractivity contribution in [1.29, 1.82) is 0 Å². The molecule has 0 amide bonds. The highest BCUT2D eigenvalue weighted by Crippen LogP contribution is 2.32. The highest BCUT2D eigenvalue weighted by Gasteiger charge is 2.26. The minimum Gasteiger partial charge on any atom is -0.360 e. The largest absolute Gasteiger partial charge is 0.360 e. The molecule has 3 nitrogen and oxygen atoms in total. The fraction of sp³-hybridized carbons (Fsp3) is 0.500. The van der Waals surface area contributed by atoms with Crippen molar-refractivity contribution in [2.45, 2.75) is 57.9 Å². The SMILES string of the molecule is Cc1cc(C=O)ccc1N1CC[NH+]([C@@H](C)c2ccc(C3CCCCC3)cc2)CC1. The number of nitrogens with zero attached hydrogens (tertiary/aromatic N) is 1. The molecule has 154 valence electrons. The third kappa shape index (κ3) is 4.56. The van der Waals surface area contributed by atoms with Crippen LogP contribution in [0.1, 0.15) is 78.0 Å². The van der Waals surface area contributed by atoms with Crippen LogP contribution in [0.3, 0.4) is 0 Å². The lowest BCUT2D eigenvalue weighted by molar-refractivity contribution is -0.930. The molecule has 29 heavy (non-hydrogen) atoms. The molecular weight excluding hydrogens is 356 g/mol. The van der Waals surface area contributed by atoms with E-state index in [1.807, 2.05) is 12.1 Å². The summed E-state index contributed by atoms with van der Waals surface area (Å²) >= 11 is 0. The van der Waals surface area contributed by atoms with Gasteiger partial charge in [0.15, 0.2) is 0 Å². The lowest BCUT2D eigenvalue weighted by atomic mass is 9.83. The first-order valence-corrected chi connectivity index (χ1v) is 11.4. The highest BCUT2D eigenvalue weighted by molar-refractivity contribution is 5.77. The van der Waals surface area contributed by atoms with Gasteiger partial charge in [0.2, 0.25) is 0 Å². The van der Waals surface area contributed by atoms with Gasteiger partial charge >= 0.3 is 0 Å². The molecule has 3 heteroatoms. The number of carbonyl (C=O) groups is 1. The molecule has 1 atom stereocenters. The number of nitrogens with one attached hydrogen (secondary N) is 1. The molecular formula is C26H35N2O+. The van der Waals surface area contributed by atoms with Crippen LogP contribution in [-0.2, 0) is 0 Å². The average Bonchev–Trinajstić information content (AvgIpc) is 2.79. The number of anilines is 1. The Balaban J connectivity index is 1.36. The first-order chi connectivity index (χ1) is 14.2. The molecule has 0 aromatic heterocycles. The minimum atomic E-state index is 0.538. The van der Waals surface area contributed by atoms with Crippen molar-refractivity contribution < 1.29 is 9.69 Å². The molecule has 2 fully saturated rings. The Kier molecular flexibility index (Phi) is 6.34. The summed E-state index contributed by atoms with van der Waals surface area (Å²) in [5.41, 5.74) is 6.26. The zero-order valence-electron chi connectivity index (χ0n) is 18.0. The smallest absolute Gasteiger partial charge is 0.150 e. The number of quaternary nitrogens is 1. The van der Waals surface area contributed by atoms with Gasteiger partial charge in [-0.15, -0.1) is 0 Å². The Morgan fingerprint density at radius 1 is 1.00 bits per heavy atom. The predicted octanol–water partition coefficient (Wildman–Crippen LogP) is 4.32. The molecule has 1 aliphatic carbocycles. The summed E-state index contributed by atoms with van der Waals surface area (Å²) in [6.07, 6.45) is 7.88. The van der Waals surface area contributed by atoms with Crippen LogP contribution in [0.5, 0.6) is 0 Å². The van der Waals surface area contributed by atoms with E-state index in [0.29, 0.717) is 6.04 Å². The molecule has 0 bridgehead atoms. The molecule has 4 rings (SSSR count). The highest BCUT2D eigenvalue weighted by atomic mass is 16.1. The lowest BCUT2D eigenvalue weighted by Gasteiger charge is -2.37. The van der Waals surface area contributed by atoms with Crippen LogP contribution in [0.4, 0.5) is 5.69 Å². The van der Waals surface area contributed by atoms with Gasteiger partial charge in [-0.3, -0.25) is 4.79 Å². The Labute approximate surface area is 175 Å². The van der Waals surface area contributed by atoms with Crippen molar-refractivity contribution in [1.82, 2.24) is 0 Å². The van der Waals surface area contributed by atoms with Gasteiger partial charge in [-0.1, -0.05) is 43.5 Å². The van der Waals surface area contributed by atoms with E-state index >= 15 is 0 Å². The van der Waals surface area contributed by atoms with Crippen LogP contribution in [0.2, 0.25) is 0 Å². The third-order valence-electron chi connectivity index (χ3n) is 7.23. The number of hydrogen-bond acceptors (Lipinski definition) is 2. The van der Waals surface area contributed by atoms with Crippen molar-refractivity contribution in [2.75, 3.05) is 31.1 Å². The van der Waals surface area contributed by atoms with Gasteiger partial charge in [0.25, 0.3) is 0 Å². The minimum absolute atomic E-state index is 0.538. The van der Waals surface area contributed by atoms with Crippen LogP contribution >= 0.6 is 0 Å².